The van der Waals surface area contributed by atoms with Crippen molar-refractivity contribution >= 4 is 50.0 Å². The Morgan fingerprint density at radius 2 is 1.68 bits per heavy atom. The number of rotatable bonds is 6. The number of hydrogen-bond acceptors (Lipinski definition) is 7. The van der Waals surface area contributed by atoms with Crippen LogP contribution in [0.3, 0.4) is 0 Å². The topological polar surface area (TPSA) is 150 Å². The van der Waals surface area contributed by atoms with Crippen molar-refractivity contribution in [2.75, 3.05) is 37.6 Å². The summed E-state index contributed by atoms with van der Waals surface area (Å²) in [5.74, 6) is -1.89. The first kappa shape index (κ1) is 27.8. The molecule has 12 heteroatoms. The van der Waals surface area contributed by atoms with E-state index in [1.54, 1.807) is 36.7 Å². The average molecular weight is 560 g/mol. The highest BCUT2D eigenvalue weighted by Crippen LogP contribution is 2.28. The number of anilines is 1. The van der Waals surface area contributed by atoms with Gasteiger partial charge in [0.15, 0.2) is 0 Å². The van der Waals surface area contributed by atoms with Crippen LogP contribution in [0.25, 0.3) is 10.8 Å². The summed E-state index contributed by atoms with van der Waals surface area (Å²) in [7, 11) is -4.11. The number of fused-ring (bicyclic) bond motifs is 1. The van der Waals surface area contributed by atoms with Gasteiger partial charge in [-0.05, 0) is 65.9 Å². The van der Waals surface area contributed by atoms with Crippen LogP contribution in [0.1, 0.15) is 12.8 Å². The second-order valence-electron chi connectivity index (χ2n) is 9.47. The van der Waals surface area contributed by atoms with Crippen molar-refractivity contribution in [2.45, 2.75) is 23.8 Å². The zero-order chi connectivity index (χ0) is 26.2. The van der Waals surface area contributed by atoms with Gasteiger partial charge >= 0.3 is 0 Å². The molecule has 1 atom stereocenters. The van der Waals surface area contributed by atoms with E-state index in [-0.39, 0.29) is 30.1 Å². The third kappa shape index (κ3) is 5.60. The Bertz CT molecular complexity index is 1430. The van der Waals surface area contributed by atoms with Crippen molar-refractivity contribution in [1.29, 1.82) is 0 Å². The largest absolute Gasteiger partial charge is 0.548 e. The summed E-state index contributed by atoms with van der Waals surface area (Å²) in [4.78, 5) is 32.7. The Morgan fingerprint density at radius 3 is 2.37 bits per heavy atom. The smallest absolute Gasteiger partial charge is 0.243 e. The lowest BCUT2D eigenvalue weighted by Crippen LogP contribution is -2.64. The van der Waals surface area contributed by atoms with E-state index in [1.165, 1.54) is 17.0 Å². The van der Waals surface area contributed by atoms with Crippen LogP contribution in [0, 0.1) is 5.92 Å². The summed E-state index contributed by atoms with van der Waals surface area (Å²) >= 11 is 6.02. The summed E-state index contributed by atoms with van der Waals surface area (Å²) in [6.45, 7) is 1.04. The molecule has 10 nitrogen and oxygen atoms in total. The minimum atomic E-state index is -4.11. The van der Waals surface area contributed by atoms with Crippen LogP contribution in [0.5, 0.6) is 0 Å². The van der Waals surface area contributed by atoms with Gasteiger partial charge in [0.05, 0.1) is 23.5 Å². The zero-order valence-corrected chi connectivity index (χ0v) is 22.6. The molecule has 0 saturated carbocycles. The maximum Gasteiger partial charge on any atom is 0.243 e. The zero-order valence-electron chi connectivity index (χ0n) is 21.0. The minimum absolute atomic E-state index is 0. The van der Waals surface area contributed by atoms with Gasteiger partial charge in [-0.3, -0.25) is 9.78 Å². The van der Waals surface area contributed by atoms with Crippen molar-refractivity contribution in [1.82, 2.24) is 20.3 Å². The molecule has 0 unspecified atom stereocenters. The maximum absolute atomic E-state index is 13.4. The predicted molar refractivity (Wildman–Crippen MR) is 143 cm³/mol. The fraction of sp³-hybridized carbons (Fsp3) is 0.346. The number of aliphatic carboxylic acids is 1. The number of quaternary nitrogens is 1. The highest BCUT2D eigenvalue weighted by molar-refractivity contribution is 7.89. The van der Waals surface area contributed by atoms with E-state index >= 15 is 0 Å². The van der Waals surface area contributed by atoms with Crippen LogP contribution < -0.4 is 16.2 Å². The molecule has 2 fully saturated rings. The van der Waals surface area contributed by atoms with Crippen molar-refractivity contribution in [3.05, 3.63) is 65.9 Å². The fourth-order valence-electron chi connectivity index (χ4n) is 5.10. The van der Waals surface area contributed by atoms with Crippen molar-refractivity contribution in [3.8, 4) is 0 Å². The van der Waals surface area contributed by atoms with Crippen molar-refractivity contribution in [3.63, 3.8) is 0 Å². The van der Waals surface area contributed by atoms with Gasteiger partial charge in [-0.15, -0.1) is 0 Å². The first-order valence-corrected chi connectivity index (χ1v) is 13.9. The molecule has 2 aliphatic rings. The molecule has 38 heavy (non-hydrogen) atoms. The van der Waals surface area contributed by atoms with E-state index in [9.17, 15) is 23.1 Å². The molecule has 202 valence electrons. The van der Waals surface area contributed by atoms with Crippen molar-refractivity contribution in [2.24, 2.45) is 5.92 Å². The Morgan fingerprint density at radius 1 is 1.03 bits per heavy atom. The molecule has 5 rings (SSSR count). The number of nitrogens with zero attached hydrogens (tertiary/aromatic N) is 4. The summed E-state index contributed by atoms with van der Waals surface area (Å²) in [6, 6.07) is 12.2. The van der Waals surface area contributed by atoms with E-state index in [2.05, 4.69) is 9.88 Å². The van der Waals surface area contributed by atoms with Gasteiger partial charge in [-0.1, -0.05) is 23.7 Å². The van der Waals surface area contributed by atoms with Gasteiger partial charge in [0.1, 0.15) is 0 Å². The minimum Gasteiger partial charge on any atom is -0.548 e. The number of carbonyl (C=O) groups excluding carboxylic acids is 2. The van der Waals surface area contributed by atoms with Crippen LogP contribution in [0.4, 0.5) is 5.69 Å². The van der Waals surface area contributed by atoms with Crippen LogP contribution in [0.15, 0.2) is 65.8 Å². The number of piperidine rings is 1. The molecule has 1 amide bonds. The highest BCUT2D eigenvalue weighted by Gasteiger charge is 2.40. The lowest BCUT2D eigenvalue weighted by Gasteiger charge is -2.43. The van der Waals surface area contributed by atoms with E-state index in [0.29, 0.717) is 10.4 Å². The molecule has 2 saturated heterocycles. The molecular formula is C26H30ClN5O5S. The standard InChI is InChI=1S/C26H27ClN4O5S.H3N/c27-21-3-1-20-14-23(4-2-19(20)13-21)37(35,36)30-16-24(26(33)34)31(25(32)17-30)15-18-7-11-29(12-8-18)22-5-9-28-10-6-22;/h1-6,9-10,13-14,18,24H,7-8,11-12,15-17H2,(H,33,34);1H3/t24-;/m1./s1. The molecule has 3 aromatic rings. The lowest BCUT2D eigenvalue weighted by molar-refractivity contribution is -0.312. The lowest BCUT2D eigenvalue weighted by atomic mass is 9.94. The second kappa shape index (κ2) is 11.2. The van der Waals surface area contributed by atoms with Crippen molar-refractivity contribution < 1.29 is 23.1 Å². The SMILES string of the molecule is O=C([O-])[C@H]1CN(S(=O)(=O)c2ccc3cc(Cl)ccc3c2)CC(=O)N1CC1CCN(c2ccncc2)CC1.[NH4+]. The number of hydrogen-bond donors (Lipinski definition) is 1. The number of pyridine rings is 1. The molecular weight excluding hydrogens is 530 g/mol. The monoisotopic (exact) mass is 559 g/mol. The first-order chi connectivity index (χ1) is 17.7. The summed E-state index contributed by atoms with van der Waals surface area (Å²) in [5, 5.41) is 14.0. The quantitative estimate of drug-likeness (QED) is 0.486. The maximum atomic E-state index is 13.4. The van der Waals surface area contributed by atoms with Gasteiger partial charge in [0.2, 0.25) is 15.9 Å². The fourth-order valence-corrected chi connectivity index (χ4v) is 6.71. The molecule has 0 aliphatic carbocycles. The van der Waals surface area contributed by atoms with E-state index < -0.39 is 34.5 Å². The van der Waals surface area contributed by atoms with Gasteiger partial charge in [-0.2, -0.15) is 4.31 Å². The number of sulfonamides is 1. The molecule has 0 radical (unpaired) electrons. The molecule has 3 heterocycles. The van der Waals surface area contributed by atoms with Gasteiger partial charge < -0.3 is 25.9 Å². The molecule has 2 aliphatic heterocycles. The average Bonchev–Trinajstić information content (AvgIpc) is 2.90. The van der Waals surface area contributed by atoms with Crippen LogP contribution in [-0.4, -0.2) is 73.2 Å². The number of carbonyl (C=O) groups is 2. The Hall–Kier alpha value is -3.25. The van der Waals surface area contributed by atoms with Gasteiger partial charge in [0.25, 0.3) is 0 Å². The summed E-state index contributed by atoms with van der Waals surface area (Å²) in [6.07, 6.45) is 5.06. The van der Waals surface area contributed by atoms with Crippen LogP contribution in [-0.2, 0) is 19.6 Å². The van der Waals surface area contributed by atoms with E-state index in [0.717, 1.165) is 41.3 Å². The third-order valence-electron chi connectivity index (χ3n) is 7.17. The predicted octanol–water partition coefficient (Wildman–Crippen LogP) is 2.13. The number of carboxylic acids is 1. The number of piperazine rings is 1. The number of benzene rings is 2. The molecule has 4 N–H and O–H groups in total. The Kier molecular flexibility index (Phi) is 8.22. The normalized spacial score (nSPS) is 19.4. The van der Waals surface area contributed by atoms with Crippen LogP contribution in [0.2, 0.25) is 5.02 Å². The van der Waals surface area contributed by atoms with E-state index in [1.807, 2.05) is 12.1 Å². The number of amides is 1. The number of carboxylic acid groups (broad SMARTS) is 1. The number of halogens is 1. The third-order valence-corrected chi connectivity index (χ3v) is 9.21. The second-order valence-corrected chi connectivity index (χ2v) is 11.8. The molecule has 1 aromatic heterocycles. The molecule has 0 spiro atoms. The van der Waals surface area contributed by atoms with Gasteiger partial charge in [-0.25, -0.2) is 8.42 Å². The van der Waals surface area contributed by atoms with Gasteiger partial charge in [0, 0.05) is 49.3 Å². The number of aromatic nitrogens is 1. The highest BCUT2D eigenvalue weighted by atomic mass is 35.5. The molecule has 2 aromatic carbocycles. The Labute approximate surface area is 226 Å². The summed E-state index contributed by atoms with van der Waals surface area (Å²) in [5.41, 5.74) is 1.08. The summed E-state index contributed by atoms with van der Waals surface area (Å²) < 4.78 is 27.7. The molecule has 0 bridgehead atoms. The Balaban J connectivity index is 0.00000336. The van der Waals surface area contributed by atoms with Crippen LogP contribution >= 0.6 is 11.6 Å². The first-order valence-electron chi connectivity index (χ1n) is 12.1. The van der Waals surface area contributed by atoms with E-state index in [4.69, 9.17) is 11.6 Å².